The van der Waals surface area contributed by atoms with Crippen molar-refractivity contribution in [1.29, 1.82) is 0 Å². The van der Waals surface area contributed by atoms with Crippen molar-refractivity contribution in [3.63, 3.8) is 0 Å². The monoisotopic (exact) mass is 364 g/mol. The second kappa shape index (κ2) is 11.0. The molecule has 4 nitrogen and oxygen atoms in total. The van der Waals surface area contributed by atoms with Gasteiger partial charge in [-0.05, 0) is 64.5 Å². The minimum atomic E-state index is 0.663. The van der Waals surface area contributed by atoms with Gasteiger partial charge in [0.1, 0.15) is 0 Å². The van der Waals surface area contributed by atoms with Crippen LogP contribution in [-0.2, 0) is 0 Å². The Morgan fingerprint density at radius 2 is 0.923 bits per heavy atom. The van der Waals surface area contributed by atoms with E-state index in [1.54, 1.807) is 0 Å². The standard InChI is InChI=1S/C22H44N4/c1-3-17-13-15-23-20-10-6-8-12-22(20)26-18(4-2)14-16-24-19-9-5-7-11-21(19)25-17/h17-26H,3-16H2,1-2H3. The van der Waals surface area contributed by atoms with Crippen LogP contribution in [-0.4, -0.2) is 49.3 Å². The second-order valence-electron chi connectivity index (χ2n) is 9.02. The minimum absolute atomic E-state index is 0.663. The Kier molecular flexibility index (Phi) is 8.70. The first-order valence-electron chi connectivity index (χ1n) is 11.8. The third-order valence-electron chi connectivity index (χ3n) is 7.22. The SMILES string of the molecule is CCC1CCNC2CCCCC2NC(CC)CCNC2CCCCC2N1. The largest absolute Gasteiger partial charge is 0.312 e. The average molecular weight is 365 g/mol. The minimum Gasteiger partial charge on any atom is -0.312 e. The predicted octanol–water partition coefficient (Wildman–Crippen LogP) is 3.32. The average Bonchev–Trinajstić information content (AvgIpc) is 2.68. The van der Waals surface area contributed by atoms with E-state index in [1.807, 2.05) is 0 Å². The van der Waals surface area contributed by atoms with E-state index >= 15 is 0 Å². The molecule has 152 valence electrons. The summed E-state index contributed by atoms with van der Waals surface area (Å²) in [5.74, 6) is 0. The molecular weight excluding hydrogens is 320 g/mol. The molecule has 2 aliphatic carbocycles. The van der Waals surface area contributed by atoms with Crippen LogP contribution in [0.15, 0.2) is 0 Å². The summed E-state index contributed by atoms with van der Waals surface area (Å²) in [6, 6.07) is 4.02. The highest BCUT2D eigenvalue weighted by molar-refractivity contribution is 4.92. The van der Waals surface area contributed by atoms with Crippen molar-refractivity contribution in [2.45, 2.75) is 127 Å². The maximum Gasteiger partial charge on any atom is 0.0223 e. The molecule has 4 N–H and O–H groups in total. The first-order chi connectivity index (χ1) is 12.8. The van der Waals surface area contributed by atoms with Crippen molar-refractivity contribution >= 4 is 0 Å². The molecule has 3 fully saturated rings. The number of rotatable bonds is 2. The fraction of sp³-hybridized carbons (Fsp3) is 1.00. The van der Waals surface area contributed by atoms with Crippen LogP contribution in [0, 0.1) is 0 Å². The first-order valence-corrected chi connectivity index (χ1v) is 11.8. The molecular formula is C22H44N4. The van der Waals surface area contributed by atoms with Crippen LogP contribution in [0.3, 0.4) is 0 Å². The highest BCUT2D eigenvalue weighted by atomic mass is 15.1. The zero-order chi connectivity index (χ0) is 18.2. The maximum atomic E-state index is 4.04. The summed E-state index contributed by atoms with van der Waals surface area (Å²) in [4.78, 5) is 0. The predicted molar refractivity (Wildman–Crippen MR) is 112 cm³/mol. The normalized spacial score (nSPS) is 40.8. The molecule has 6 atom stereocenters. The Morgan fingerprint density at radius 3 is 1.31 bits per heavy atom. The molecule has 0 aromatic rings. The van der Waals surface area contributed by atoms with Gasteiger partial charge in [-0.1, -0.05) is 39.5 Å². The van der Waals surface area contributed by atoms with E-state index in [1.165, 1.54) is 77.0 Å². The molecule has 26 heavy (non-hydrogen) atoms. The van der Waals surface area contributed by atoms with Crippen LogP contribution in [0.1, 0.15) is 90.9 Å². The summed E-state index contributed by atoms with van der Waals surface area (Å²) >= 11 is 0. The molecule has 2 saturated carbocycles. The van der Waals surface area contributed by atoms with E-state index in [0.29, 0.717) is 36.3 Å². The Morgan fingerprint density at radius 1 is 0.538 bits per heavy atom. The van der Waals surface area contributed by atoms with Gasteiger partial charge in [-0.15, -0.1) is 0 Å². The van der Waals surface area contributed by atoms with Crippen LogP contribution in [0.25, 0.3) is 0 Å². The van der Waals surface area contributed by atoms with Gasteiger partial charge in [0.25, 0.3) is 0 Å². The molecule has 1 heterocycles. The molecule has 0 spiro atoms. The lowest BCUT2D eigenvalue weighted by Gasteiger charge is -2.39. The van der Waals surface area contributed by atoms with Crippen LogP contribution in [0.4, 0.5) is 0 Å². The Bertz CT molecular complexity index is 352. The van der Waals surface area contributed by atoms with Gasteiger partial charge in [-0.25, -0.2) is 0 Å². The first kappa shape index (κ1) is 20.6. The highest BCUT2D eigenvalue weighted by Gasteiger charge is 2.29. The molecule has 0 radical (unpaired) electrons. The van der Waals surface area contributed by atoms with Crippen molar-refractivity contribution in [1.82, 2.24) is 21.3 Å². The summed E-state index contributed by atoms with van der Waals surface area (Å²) in [5.41, 5.74) is 0. The zero-order valence-electron chi connectivity index (χ0n) is 17.4. The summed E-state index contributed by atoms with van der Waals surface area (Å²) in [7, 11) is 0. The Hall–Kier alpha value is -0.160. The Balaban J connectivity index is 1.65. The van der Waals surface area contributed by atoms with Crippen molar-refractivity contribution in [2.75, 3.05) is 13.1 Å². The fourth-order valence-electron chi connectivity index (χ4n) is 5.45. The number of hydrogen-bond donors (Lipinski definition) is 4. The number of hydrogen-bond acceptors (Lipinski definition) is 4. The van der Waals surface area contributed by atoms with Crippen LogP contribution >= 0.6 is 0 Å². The number of nitrogens with one attached hydrogen (secondary N) is 4. The van der Waals surface area contributed by atoms with Crippen LogP contribution < -0.4 is 21.3 Å². The molecule has 1 aliphatic heterocycles. The van der Waals surface area contributed by atoms with Gasteiger partial charge in [-0.2, -0.15) is 0 Å². The van der Waals surface area contributed by atoms with Crippen molar-refractivity contribution in [3.8, 4) is 0 Å². The maximum absolute atomic E-state index is 4.04. The molecule has 3 aliphatic rings. The molecule has 0 aromatic carbocycles. The quantitative estimate of drug-likeness (QED) is 0.607. The zero-order valence-corrected chi connectivity index (χ0v) is 17.4. The van der Waals surface area contributed by atoms with Gasteiger partial charge in [0, 0.05) is 36.3 Å². The lowest BCUT2D eigenvalue weighted by Crippen LogP contribution is -2.56. The lowest BCUT2D eigenvalue weighted by atomic mass is 9.88. The molecule has 6 unspecified atom stereocenters. The van der Waals surface area contributed by atoms with E-state index in [9.17, 15) is 0 Å². The molecule has 3 rings (SSSR count). The van der Waals surface area contributed by atoms with Gasteiger partial charge in [-0.3, -0.25) is 0 Å². The van der Waals surface area contributed by atoms with Crippen molar-refractivity contribution in [2.24, 2.45) is 0 Å². The number of fused-ring (bicyclic) bond motifs is 2. The molecule has 0 amide bonds. The topological polar surface area (TPSA) is 48.1 Å². The summed E-state index contributed by atoms with van der Waals surface area (Å²) in [5, 5.41) is 16.0. The van der Waals surface area contributed by atoms with Gasteiger partial charge >= 0.3 is 0 Å². The van der Waals surface area contributed by atoms with Gasteiger partial charge < -0.3 is 21.3 Å². The van der Waals surface area contributed by atoms with Gasteiger partial charge in [0.15, 0.2) is 0 Å². The van der Waals surface area contributed by atoms with E-state index < -0.39 is 0 Å². The molecule has 1 saturated heterocycles. The van der Waals surface area contributed by atoms with Gasteiger partial charge in [0.2, 0.25) is 0 Å². The van der Waals surface area contributed by atoms with Crippen LogP contribution in [0.5, 0.6) is 0 Å². The van der Waals surface area contributed by atoms with Gasteiger partial charge in [0.05, 0.1) is 0 Å². The van der Waals surface area contributed by atoms with E-state index in [2.05, 4.69) is 35.1 Å². The third-order valence-corrected chi connectivity index (χ3v) is 7.22. The molecule has 4 heteroatoms. The molecule has 0 bridgehead atoms. The van der Waals surface area contributed by atoms with E-state index in [4.69, 9.17) is 0 Å². The summed E-state index contributed by atoms with van der Waals surface area (Å²) in [6.07, 6.45) is 16.0. The van der Waals surface area contributed by atoms with Crippen LogP contribution in [0.2, 0.25) is 0 Å². The second-order valence-corrected chi connectivity index (χ2v) is 9.02. The fourth-order valence-corrected chi connectivity index (χ4v) is 5.45. The summed E-state index contributed by atoms with van der Waals surface area (Å²) < 4.78 is 0. The lowest BCUT2D eigenvalue weighted by molar-refractivity contribution is 0.225. The van der Waals surface area contributed by atoms with Crippen molar-refractivity contribution < 1.29 is 0 Å². The summed E-state index contributed by atoms with van der Waals surface area (Å²) in [6.45, 7) is 7.03. The highest BCUT2D eigenvalue weighted by Crippen LogP contribution is 2.22. The third kappa shape index (κ3) is 5.92. The molecule has 0 aromatic heterocycles. The Labute approximate surface area is 162 Å². The van der Waals surface area contributed by atoms with E-state index in [0.717, 1.165) is 13.1 Å². The van der Waals surface area contributed by atoms with E-state index in [-0.39, 0.29) is 0 Å². The smallest absolute Gasteiger partial charge is 0.0223 e. The van der Waals surface area contributed by atoms with Crippen molar-refractivity contribution in [3.05, 3.63) is 0 Å².